The van der Waals surface area contributed by atoms with Crippen molar-refractivity contribution in [3.63, 3.8) is 0 Å². The minimum absolute atomic E-state index is 0.115. The van der Waals surface area contributed by atoms with Crippen molar-refractivity contribution < 1.29 is 14.3 Å². The summed E-state index contributed by atoms with van der Waals surface area (Å²) in [4.78, 5) is 17.1. The van der Waals surface area contributed by atoms with E-state index in [2.05, 4.69) is 20.9 Å². The Balaban J connectivity index is 1.48. The molecule has 3 heterocycles. The molecule has 0 saturated carbocycles. The van der Waals surface area contributed by atoms with Crippen molar-refractivity contribution in [3.8, 4) is 5.75 Å². The Morgan fingerprint density at radius 1 is 1.33 bits per heavy atom. The normalized spacial score (nSPS) is 18.1. The van der Waals surface area contributed by atoms with E-state index >= 15 is 0 Å². The predicted octanol–water partition coefficient (Wildman–Crippen LogP) is 4.25. The van der Waals surface area contributed by atoms with Crippen molar-refractivity contribution in [2.24, 2.45) is 0 Å². The van der Waals surface area contributed by atoms with E-state index in [0.717, 1.165) is 30.7 Å². The summed E-state index contributed by atoms with van der Waals surface area (Å²) < 4.78 is 11.6. The summed E-state index contributed by atoms with van der Waals surface area (Å²) in [5.41, 5.74) is 2.59. The van der Waals surface area contributed by atoms with Gasteiger partial charge < -0.3 is 25.4 Å². The molecule has 4 rings (SSSR count). The fourth-order valence-electron chi connectivity index (χ4n) is 3.70. The first-order chi connectivity index (χ1) is 16.0. The van der Waals surface area contributed by atoms with Gasteiger partial charge in [0, 0.05) is 43.6 Å². The second-order valence-electron chi connectivity index (χ2n) is 7.70. The number of carbonyl (C=O) groups excluding carboxylic acids is 1. The van der Waals surface area contributed by atoms with E-state index in [1.165, 1.54) is 0 Å². The number of anilines is 1. The topological polar surface area (TPSA) is 84.5 Å². The van der Waals surface area contributed by atoms with Gasteiger partial charge in [-0.05, 0) is 31.0 Å². The van der Waals surface area contributed by atoms with Gasteiger partial charge in [0.2, 0.25) is 0 Å². The highest BCUT2D eigenvalue weighted by molar-refractivity contribution is 7.81. The maximum absolute atomic E-state index is 12.7. The lowest BCUT2D eigenvalue weighted by Gasteiger charge is -2.23. The summed E-state index contributed by atoms with van der Waals surface area (Å²) in [5.74, 6) is 0.443. The van der Waals surface area contributed by atoms with Crippen LogP contribution in [0.4, 0.5) is 5.69 Å². The molecule has 2 aliphatic heterocycles. The smallest absolute Gasteiger partial charge is 0.256 e. The minimum Gasteiger partial charge on any atom is -0.489 e. The average Bonchev–Trinajstić information content (AvgIpc) is 3.33. The van der Waals surface area contributed by atoms with Crippen LogP contribution in [-0.4, -0.2) is 41.7 Å². The first-order valence-corrected chi connectivity index (χ1v) is 11.9. The Morgan fingerprint density at radius 2 is 2.21 bits per heavy atom. The number of benzene rings is 1. The van der Waals surface area contributed by atoms with Crippen LogP contribution in [0.25, 0.3) is 0 Å². The lowest BCUT2D eigenvalue weighted by molar-refractivity contribution is -0.117. The molecule has 2 aromatic rings. The summed E-state index contributed by atoms with van der Waals surface area (Å²) in [6, 6.07) is 7.09. The number of nitrogens with one attached hydrogen (secondary N) is 3. The number of pyridine rings is 1. The van der Waals surface area contributed by atoms with Crippen molar-refractivity contribution >= 4 is 52.0 Å². The molecule has 0 spiro atoms. The number of rotatable bonds is 8. The molecule has 0 aliphatic carbocycles. The largest absolute Gasteiger partial charge is 0.489 e. The first kappa shape index (κ1) is 23.8. The van der Waals surface area contributed by atoms with Crippen LogP contribution in [0.1, 0.15) is 24.8 Å². The SMILES string of the molecule is O=C1NCCC(NCc2ccncc2OCC2CCCO2)=C1C(=S)Nc1cccc(Cl)c1Cl. The highest BCUT2D eigenvalue weighted by Gasteiger charge is 2.25. The highest BCUT2D eigenvalue weighted by Crippen LogP contribution is 2.30. The Bertz CT molecular complexity index is 1070. The number of hydrogen-bond donors (Lipinski definition) is 3. The van der Waals surface area contributed by atoms with Gasteiger partial charge in [-0.15, -0.1) is 0 Å². The van der Waals surface area contributed by atoms with Crippen LogP contribution >= 0.6 is 35.4 Å². The Morgan fingerprint density at radius 3 is 3.03 bits per heavy atom. The predicted molar refractivity (Wildman–Crippen MR) is 133 cm³/mol. The quantitative estimate of drug-likeness (QED) is 0.461. The van der Waals surface area contributed by atoms with Gasteiger partial charge in [-0.1, -0.05) is 41.5 Å². The molecule has 1 aromatic heterocycles. The number of nitrogens with zero attached hydrogens (tertiary/aromatic N) is 1. The van der Waals surface area contributed by atoms with Crippen LogP contribution in [-0.2, 0) is 16.1 Å². The van der Waals surface area contributed by atoms with Crippen molar-refractivity contribution in [2.45, 2.75) is 31.9 Å². The van der Waals surface area contributed by atoms with E-state index in [0.29, 0.717) is 53.2 Å². The molecule has 1 unspecified atom stereocenters. The van der Waals surface area contributed by atoms with Crippen LogP contribution in [0.2, 0.25) is 10.0 Å². The standard InChI is InChI=1S/C23H24Cl2N4O3S/c24-16-4-1-5-18(21(16)25)29-23(33)20-17(7-9-27-22(20)30)28-11-14-6-8-26-12-19(14)32-13-15-3-2-10-31-15/h1,4-6,8,12,15,28H,2-3,7,9-11,13H2,(H,27,30)(H,29,33). The third-order valence-corrected chi connectivity index (χ3v) is 6.55. The number of carbonyl (C=O) groups is 1. The summed E-state index contributed by atoms with van der Waals surface area (Å²) in [6.07, 6.45) is 6.20. The van der Waals surface area contributed by atoms with Gasteiger partial charge in [0.25, 0.3) is 5.91 Å². The zero-order valence-electron chi connectivity index (χ0n) is 17.8. The van der Waals surface area contributed by atoms with Gasteiger partial charge in [-0.3, -0.25) is 9.78 Å². The molecule has 2 aliphatic rings. The van der Waals surface area contributed by atoms with Crippen molar-refractivity contribution in [1.82, 2.24) is 15.6 Å². The lowest BCUT2D eigenvalue weighted by Crippen LogP contribution is -2.39. The van der Waals surface area contributed by atoms with Crippen molar-refractivity contribution in [2.75, 3.05) is 25.1 Å². The van der Waals surface area contributed by atoms with Crippen LogP contribution in [0, 0.1) is 0 Å². The van der Waals surface area contributed by atoms with E-state index in [1.54, 1.807) is 30.6 Å². The molecule has 3 N–H and O–H groups in total. The number of aromatic nitrogens is 1. The minimum atomic E-state index is -0.246. The molecule has 7 nitrogen and oxygen atoms in total. The van der Waals surface area contributed by atoms with Crippen LogP contribution < -0.4 is 20.7 Å². The molecule has 33 heavy (non-hydrogen) atoms. The van der Waals surface area contributed by atoms with Crippen LogP contribution in [0.3, 0.4) is 0 Å². The third-order valence-electron chi connectivity index (χ3n) is 5.43. The number of amides is 1. The van der Waals surface area contributed by atoms with E-state index in [-0.39, 0.29) is 17.0 Å². The van der Waals surface area contributed by atoms with Gasteiger partial charge >= 0.3 is 0 Å². The Kier molecular flexibility index (Phi) is 8.03. The Labute approximate surface area is 207 Å². The molecule has 174 valence electrons. The van der Waals surface area contributed by atoms with E-state index in [9.17, 15) is 4.79 Å². The maximum atomic E-state index is 12.7. The molecule has 1 aromatic carbocycles. The van der Waals surface area contributed by atoms with Crippen LogP contribution in [0.5, 0.6) is 5.75 Å². The van der Waals surface area contributed by atoms with E-state index in [4.69, 9.17) is 44.9 Å². The second-order valence-corrected chi connectivity index (χ2v) is 8.89. The van der Waals surface area contributed by atoms with Crippen LogP contribution in [0.15, 0.2) is 47.9 Å². The second kappa shape index (κ2) is 11.2. The molecule has 0 bridgehead atoms. The fourth-order valence-corrected chi connectivity index (χ4v) is 4.37. The monoisotopic (exact) mass is 506 g/mol. The zero-order valence-corrected chi connectivity index (χ0v) is 20.2. The van der Waals surface area contributed by atoms with Gasteiger partial charge in [-0.25, -0.2) is 0 Å². The molecule has 1 atom stereocenters. The number of hydrogen-bond acceptors (Lipinski definition) is 6. The summed E-state index contributed by atoms with van der Waals surface area (Å²) in [7, 11) is 0. The third kappa shape index (κ3) is 5.95. The number of thiocarbonyl (C=S) groups is 1. The summed E-state index contributed by atoms with van der Waals surface area (Å²) in [6.45, 7) is 2.24. The molecule has 1 saturated heterocycles. The lowest BCUT2D eigenvalue weighted by atomic mass is 10.1. The molecular formula is C23H24Cl2N4O3S. The molecule has 1 amide bonds. The highest BCUT2D eigenvalue weighted by atomic mass is 35.5. The van der Waals surface area contributed by atoms with E-state index < -0.39 is 0 Å². The van der Waals surface area contributed by atoms with E-state index in [1.807, 2.05) is 6.07 Å². The summed E-state index contributed by atoms with van der Waals surface area (Å²) >= 11 is 17.9. The molecule has 0 radical (unpaired) electrons. The van der Waals surface area contributed by atoms with Gasteiger partial charge in [-0.2, -0.15) is 0 Å². The average molecular weight is 507 g/mol. The molecule has 1 fully saturated rings. The zero-order chi connectivity index (χ0) is 23.2. The summed E-state index contributed by atoms with van der Waals surface area (Å²) in [5, 5.41) is 10.0. The van der Waals surface area contributed by atoms with Gasteiger partial charge in [0.15, 0.2) is 0 Å². The molecule has 10 heteroatoms. The van der Waals surface area contributed by atoms with Crippen molar-refractivity contribution in [3.05, 3.63) is 63.5 Å². The fraction of sp³-hybridized carbons (Fsp3) is 0.348. The maximum Gasteiger partial charge on any atom is 0.256 e. The Hall–Kier alpha value is -2.39. The van der Waals surface area contributed by atoms with Crippen molar-refractivity contribution in [1.29, 1.82) is 0 Å². The molecular weight excluding hydrogens is 483 g/mol. The van der Waals surface area contributed by atoms with Gasteiger partial charge in [0.1, 0.15) is 17.3 Å². The number of halogens is 2. The number of ether oxygens (including phenoxy) is 2. The van der Waals surface area contributed by atoms with Gasteiger partial charge in [0.05, 0.1) is 33.6 Å². The first-order valence-electron chi connectivity index (χ1n) is 10.7.